The molecule has 0 radical (unpaired) electrons. The molecule has 128 valence electrons. The van der Waals surface area contributed by atoms with E-state index >= 15 is 0 Å². The van der Waals surface area contributed by atoms with Gasteiger partial charge in [-0.2, -0.15) is 5.10 Å². The molecular formula is C21H20Cl2N2. The number of rotatable bonds is 2. The summed E-state index contributed by atoms with van der Waals surface area (Å²) in [5, 5.41) is 8.57. The molecular weight excluding hydrogens is 351 g/mol. The fraction of sp³-hybridized carbons (Fsp3) is 0.286. The molecule has 2 aromatic rings. The Bertz CT molecular complexity index is 822. The average Bonchev–Trinajstić information content (AvgIpc) is 2.95. The van der Waals surface area contributed by atoms with Crippen molar-refractivity contribution < 1.29 is 0 Å². The van der Waals surface area contributed by atoms with Gasteiger partial charge in [0.2, 0.25) is 0 Å². The van der Waals surface area contributed by atoms with Crippen molar-refractivity contribution in [3.63, 3.8) is 0 Å². The number of allylic oxidation sites excluding steroid dienone is 1. The molecule has 0 aromatic heterocycles. The molecule has 0 saturated heterocycles. The molecule has 1 fully saturated rings. The first-order chi connectivity index (χ1) is 12.1. The van der Waals surface area contributed by atoms with E-state index in [0.29, 0.717) is 12.0 Å². The number of halogens is 2. The highest BCUT2D eigenvalue weighted by Crippen LogP contribution is 2.43. The Labute approximate surface area is 158 Å². The molecule has 2 aliphatic rings. The van der Waals surface area contributed by atoms with E-state index in [1.54, 1.807) is 0 Å². The topological polar surface area (TPSA) is 15.6 Å². The Morgan fingerprint density at radius 3 is 2.32 bits per heavy atom. The lowest BCUT2D eigenvalue weighted by Crippen LogP contribution is -2.26. The summed E-state index contributed by atoms with van der Waals surface area (Å²) in [6, 6.07) is 16.5. The Balaban J connectivity index is 1.65. The van der Waals surface area contributed by atoms with Gasteiger partial charge in [0.25, 0.3) is 0 Å². The molecule has 4 rings (SSSR count). The quantitative estimate of drug-likeness (QED) is 0.612. The standard InChI is InChI=1S/C21H20Cl2N2/c1-25-21(15-7-11-18(23)12-8-15)19-4-2-3-16(20(19)24-25)13-14-5-9-17(22)10-6-14/h5-13,19,21H,2-4H2,1H3/b16-13+/t19-,21+/m1/s1. The molecule has 0 bridgehead atoms. The molecule has 0 unspecified atom stereocenters. The van der Waals surface area contributed by atoms with Gasteiger partial charge in [0, 0.05) is 23.0 Å². The summed E-state index contributed by atoms with van der Waals surface area (Å²) in [6.07, 6.45) is 5.72. The van der Waals surface area contributed by atoms with Gasteiger partial charge in [-0.15, -0.1) is 0 Å². The van der Waals surface area contributed by atoms with Crippen molar-refractivity contribution >= 4 is 35.0 Å². The van der Waals surface area contributed by atoms with E-state index in [2.05, 4.69) is 42.4 Å². The van der Waals surface area contributed by atoms with Crippen LogP contribution in [0.1, 0.15) is 36.4 Å². The third-order valence-corrected chi connectivity index (χ3v) is 5.62. The Morgan fingerprint density at radius 2 is 1.64 bits per heavy atom. The van der Waals surface area contributed by atoms with E-state index in [4.69, 9.17) is 28.3 Å². The van der Waals surface area contributed by atoms with Crippen LogP contribution >= 0.6 is 23.2 Å². The van der Waals surface area contributed by atoms with E-state index in [0.717, 1.165) is 16.5 Å². The molecule has 1 saturated carbocycles. The monoisotopic (exact) mass is 370 g/mol. The summed E-state index contributed by atoms with van der Waals surface area (Å²) in [4.78, 5) is 0. The minimum absolute atomic E-state index is 0.293. The van der Waals surface area contributed by atoms with Gasteiger partial charge < -0.3 is 0 Å². The van der Waals surface area contributed by atoms with E-state index < -0.39 is 0 Å². The lowest BCUT2D eigenvalue weighted by Gasteiger charge is -2.29. The molecule has 2 nitrogen and oxygen atoms in total. The summed E-state index contributed by atoms with van der Waals surface area (Å²) in [5.74, 6) is 0.443. The third-order valence-electron chi connectivity index (χ3n) is 5.11. The van der Waals surface area contributed by atoms with Gasteiger partial charge in [-0.3, -0.25) is 5.01 Å². The van der Waals surface area contributed by atoms with Crippen LogP contribution in [0.4, 0.5) is 0 Å². The molecule has 1 aliphatic heterocycles. The first-order valence-electron chi connectivity index (χ1n) is 8.65. The normalized spacial score (nSPS) is 24.4. The fourth-order valence-corrected chi connectivity index (χ4v) is 4.22. The van der Waals surface area contributed by atoms with Gasteiger partial charge in [0.05, 0.1) is 11.8 Å². The maximum Gasteiger partial charge on any atom is 0.0801 e. The Hall–Kier alpha value is -1.77. The molecule has 2 aromatic carbocycles. The molecule has 1 aliphatic carbocycles. The van der Waals surface area contributed by atoms with Gasteiger partial charge >= 0.3 is 0 Å². The van der Waals surface area contributed by atoms with Crippen LogP contribution in [0, 0.1) is 5.92 Å². The number of fused-ring (bicyclic) bond motifs is 1. The van der Waals surface area contributed by atoms with Crippen LogP contribution < -0.4 is 0 Å². The van der Waals surface area contributed by atoms with Crippen molar-refractivity contribution in [2.75, 3.05) is 7.05 Å². The summed E-state index contributed by atoms with van der Waals surface area (Å²) in [7, 11) is 2.07. The second-order valence-electron chi connectivity index (χ2n) is 6.78. The number of hydrogen-bond donors (Lipinski definition) is 0. The first kappa shape index (κ1) is 16.7. The molecule has 1 heterocycles. The van der Waals surface area contributed by atoms with E-state index in [9.17, 15) is 0 Å². The lowest BCUT2D eigenvalue weighted by molar-refractivity contribution is 0.241. The van der Waals surface area contributed by atoms with E-state index in [-0.39, 0.29) is 0 Å². The van der Waals surface area contributed by atoms with Crippen LogP contribution in [0.5, 0.6) is 0 Å². The number of nitrogens with zero attached hydrogens (tertiary/aromatic N) is 2. The zero-order valence-electron chi connectivity index (χ0n) is 14.1. The summed E-state index contributed by atoms with van der Waals surface area (Å²) in [6.45, 7) is 0. The van der Waals surface area contributed by atoms with Crippen LogP contribution in [0.15, 0.2) is 59.2 Å². The summed E-state index contributed by atoms with van der Waals surface area (Å²) < 4.78 is 0. The average molecular weight is 371 g/mol. The Kier molecular flexibility index (Phi) is 4.58. The zero-order chi connectivity index (χ0) is 17.4. The molecule has 2 atom stereocenters. The molecule has 25 heavy (non-hydrogen) atoms. The second kappa shape index (κ2) is 6.86. The van der Waals surface area contributed by atoms with Crippen LogP contribution in [0.25, 0.3) is 6.08 Å². The number of hydrogen-bond acceptors (Lipinski definition) is 2. The largest absolute Gasteiger partial charge is 0.292 e. The highest BCUT2D eigenvalue weighted by Gasteiger charge is 2.39. The maximum atomic E-state index is 6.06. The zero-order valence-corrected chi connectivity index (χ0v) is 15.6. The van der Waals surface area contributed by atoms with Crippen LogP contribution in [0.3, 0.4) is 0 Å². The first-order valence-corrected chi connectivity index (χ1v) is 9.41. The van der Waals surface area contributed by atoms with Crippen molar-refractivity contribution in [2.24, 2.45) is 11.0 Å². The van der Waals surface area contributed by atoms with Crippen molar-refractivity contribution in [3.05, 3.63) is 75.3 Å². The van der Waals surface area contributed by atoms with Crippen LogP contribution in [0.2, 0.25) is 10.0 Å². The highest BCUT2D eigenvalue weighted by atomic mass is 35.5. The van der Waals surface area contributed by atoms with Gasteiger partial charge in [0.15, 0.2) is 0 Å². The SMILES string of the molecule is CN1N=C2/C(=C/c3ccc(Cl)cc3)CCC[C@H]2[C@@H]1c1ccc(Cl)cc1. The summed E-state index contributed by atoms with van der Waals surface area (Å²) >= 11 is 12.1. The molecule has 0 N–H and O–H groups in total. The van der Waals surface area contributed by atoms with Crippen molar-refractivity contribution in [1.82, 2.24) is 5.01 Å². The highest BCUT2D eigenvalue weighted by molar-refractivity contribution is 6.30. The van der Waals surface area contributed by atoms with Crippen molar-refractivity contribution in [3.8, 4) is 0 Å². The summed E-state index contributed by atoms with van der Waals surface area (Å²) in [5.41, 5.74) is 5.05. The molecule has 0 amide bonds. The third kappa shape index (κ3) is 3.33. The number of benzene rings is 2. The van der Waals surface area contributed by atoms with Gasteiger partial charge in [-0.1, -0.05) is 47.5 Å². The van der Waals surface area contributed by atoms with Gasteiger partial charge in [-0.25, -0.2) is 0 Å². The van der Waals surface area contributed by atoms with Gasteiger partial charge in [-0.05, 0) is 66.3 Å². The van der Waals surface area contributed by atoms with E-state index in [1.165, 1.54) is 35.3 Å². The fourth-order valence-electron chi connectivity index (χ4n) is 3.97. The predicted octanol–water partition coefficient (Wildman–Crippen LogP) is 6.22. The molecule has 0 spiro atoms. The minimum atomic E-state index is 0.293. The van der Waals surface area contributed by atoms with Crippen LogP contribution in [-0.4, -0.2) is 17.8 Å². The van der Waals surface area contributed by atoms with Crippen LogP contribution in [-0.2, 0) is 0 Å². The maximum absolute atomic E-state index is 6.06. The van der Waals surface area contributed by atoms with E-state index in [1.807, 2.05) is 24.3 Å². The van der Waals surface area contributed by atoms with Crippen molar-refractivity contribution in [1.29, 1.82) is 0 Å². The number of hydrazone groups is 1. The second-order valence-corrected chi connectivity index (χ2v) is 7.65. The van der Waals surface area contributed by atoms with Gasteiger partial charge in [0.1, 0.15) is 0 Å². The lowest BCUT2D eigenvalue weighted by atomic mass is 9.77. The Morgan fingerprint density at radius 1 is 1.00 bits per heavy atom. The van der Waals surface area contributed by atoms with Crippen molar-refractivity contribution in [2.45, 2.75) is 25.3 Å². The predicted molar refractivity (Wildman–Crippen MR) is 106 cm³/mol. The minimum Gasteiger partial charge on any atom is -0.292 e. The smallest absolute Gasteiger partial charge is 0.0801 e. The molecule has 4 heteroatoms.